The molecule has 0 aliphatic heterocycles. The van der Waals surface area contributed by atoms with E-state index in [4.69, 9.17) is 19.7 Å². The molecule has 0 spiro atoms. The molecular weight excluding hydrogens is 590 g/mol. The first-order chi connectivity index (χ1) is 22.4. The molecule has 47 heavy (non-hydrogen) atoms. The van der Waals surface area contributed by atoms with E-state index in [9.17, 15) is 9.59 Å². The van der Waals surface area contributed by atoms with Crippen LogP contribution in [0.3, 0.4) is 0 Å². The number of allylic oxidation sites excluding steroid dienone is 1. The second-order valence-electron chi connectivity index (χ2n) is 12.0. The van der Waals surface area contributed by atoms with Gasteiger partial charge in [0.1, 0.15) is 19.0 Å². The molecule has 0 fully saturated rings. The summed E-state index contributed by atoms with van der Waals surface area (Å²) >= 11 is 0. The molecule has 1 atom stereocenters. The van der Waals surface area contributed by atoms with Crippen molar-refractivity contribution in [3.05, 3.63) is 100 Å². The van der Waals surface area contributed by atoms with Gasteiger partial charge in [-0.1, -0.05) is 49.3 Å². The maximum Gasteiger partial charge on any atom is 0.333 e. The second-order valence-corrected chi connectivity index (χ2v) is 12.0. The van der Waals surface area contributed by atoms with E-state index in [0.29, 0.717) is 28.7 Å². The summed E-state index contributed by atoms with van der Waals surface area (Å²) in [5, 5.41) is 12.4. The topological polar surface area (TPSA) is 101 Å². The predicted octanol–water partition coefficient (Wildman–Crippen LogP) is 9.27. The van der Waals surface area contributed by atoms with Crippen LogP contribution in [-0.2, 0) is 19.2 Å². The SMILES string of the molecule is C=C(C)C(=O)OCCOc1cc(C(C)=N)ccc1N(c1ccccc1)c1cc(C)c2c(c1C)C=C(/C(C)=N/OC(C)=O)CC2CCC. The largest absolute Gasteiger partial charge is 0.488 e. The minimum atomic E-state index is -0.467. The van der Waals surface area contributed by atoms with Crippen molar-refractivity contribution in [1.29, 1.82) is 5.41 Å². The van der Waals surface area contributed by atoms with Crippen LogP contribution in [-0.4, -0.2) is 36.6 Å². The summed E-state index contributed by atoms with van der Waals surface area (Å²) in [6, 6.07) is 18.1. The molecule has 3 aromatic rings. The summed E-state index contributed by atoms with van der Waals surface area (Å²) < 4.78 is 11.6. The van der Waals surface area contributed by atoms with Crippen LogP contribution < -0.4 is 9.64 Å². The first-order valence-corrected chi connectivity index (χ1v) is 16.0. The summed E-state index contributed by atoms with van der Waals surface area (Å²) in [6.07, 6.45) is 5.06. The van der Waals surface area contributed by atoms with Gasteiger partial charge in [0, 0.05) is 23.9 Å². The van der Waals surface area contributed by atoms with Gasteiger partial charge >= 0.3 is 11.9 Å². The Hall–Kier alpha value is -4.98. The number of nitrogens with zero attached hydrogens (tertiary/aromatic N) is 2. The Labute approximate surface area is 278 Å². The molecular formula is C39H45N3O5. The molecule has 0 saturated heterocycles. The Bertz CT molecular complexity index is 1740. The van der Waals surface area contributed by atoms with Crippen molar-refractivity contribution in [1.82, 2.24) is 0 Å². The van der Waals surface area contributed by atoms with Gasteiger partial charge in [0.2, 0.25) is 0 Å². The van der Waals surface area contributed by atoms with Crippen LogP contribution in [0.2, 0.25) is 0 Å². The molecule has 8 nitrogen and oxygen atoms in total. The van der Waals surface area contributed by atoms with Crippen molar-refractivity contribution >= 4 is 46.5 Å². The average Bonchev–Trinajstić information content (AvgIpc) is 3.04. The van der Waals surface area contributed by atoms with E-state index >= 15 is 0 Å². The number of esters is 1. The van der Waals surface area contributed by atoms with Crippen LogP contribution in [0.5, 0.6) is 5.75 Å². The molecule has 4 rings (SSSR count). The van der Waals surface area contributed by atoms with Gasteiger partial charge in [-0.3, -0.25) is 0 Å². The van der Waals surface area contributed by atoms with Crippen molar-refractivity contribution < 1.29 is 23.9 Å². The van der Waals surface area contributed by atoms with E-state index in [-0.39, 0.29) is 13.2 Å². The normalized spacial score (nSPS) is 14.1. The van der Waals surface area contributed by atoms with Crippen LogP contribution in [0.15, 0.2) is 77.5 Å². The number of carbonyl (C=O) groups excluding carboxylic acids is 2. The van der Waals surface area contributed by atoms with Gasteiger partial charge in [-0.25, -0.2) is 9.59 Å². The highest BCUT2D eigenvalue weighted by molar-refractivity contribution is 6.03. The Morgan fingerprint density at radius 1 is 1.00 bits per heavy atom. The fourth-order valence-corrected chi connectivity index (χ4v) is 5.98. The highest BCUT2D eigenvalue weighted by atomic mass is 16.7. The first-order valence-electron chi connectivity index (χ1n) is 16.0. The third-order valence-corrected chi connectivity index (χ3v) is 8.27. The summed E-state index contributed by atoms with van der Waals surface area (Å²) in [7, 11) is 0. The van der Waals surface area contributed by atoms with Crippen LogP contribution in [0, 0.1) is 19.3 Å². The zero-order valence-corrected chi connectivity index (χ0v) is 28.5. The summed E-state index contributed by atoms with van der Waals surface area (Å²) in [6.45, 7) is 16.9. The molecule has 3 aromatic carbocycles. The zero-order valence-electron chi connectivity index (χ0n) is 28.5. The maximum absolute atomic E-state index is 12.0. The highest BCUT2D eigenvalue weighted by Crippen LogP contribution is 2.47. The van der Waals surface area contributed by atoms with E-state index in [1.165, 1.54) is 18.1 Å². The summed E-state index contributed by atoms with van der Waals surface area (Å²) in [5.74, 6) is -0.0594. The molecule has 8 heteroatoms. The number of para-hydroxylation sites is 1. The van der Waals surface area contributed by atoms with Gasteiger partial charge in [0.15, 0.2) is 0 Å². The second kappa shape index (κ2) is 15.5. The Morgan fingerprint density at radius 3 is 2.36 bits per heavy atom. The third-order valence-electron chi connectivity index (χ3n) is 8.27. The van der Waals surface area contributed by atoms with E-state index in [1.807, 2.05) is 43.3 Å². The monoisotopic (exact) mass is 635 g/mol. The number of oxime groups is 1. The van der Waals surface area contributed by atoms with Crippen LogP contribution in [0.4, 0.5) is 17.1 Å². The quantitative estimate of drug-likeness (QED) is 0.0502. The Morgan fingerprint density at radius 2 is 1.72 bits per heavy atom. The number of hydrogen-bond acceptors (Lipinski definition) is 8. The van der Waals surface area contributed by atoms with Gasteiger partial charge in [-0.15, -0.1) is 0 Å². The number of anilines is 3. The average molecular weight is 636 g/mol. The fourth-order valence-electron chi connectivity index (χ4n) is 5.98. The van der Waals surface area contributed by atoms with Crippen LogP contribution >= 0.6 is 0 Å². The summed E-state index contributed by atoms with van der Waals surface area (Å²) in [4.78, 5) is 30.7. The molecule has 0 radical (unpaired) electrons. The van der Waals surface area contributed by atoms with E-state index < -0.39 is 11.9 Å². The van der Waals surface area contributed by atoms with Crippen molar-refractivity contribution in [2.24, 2.45) is 5.16 Å². The fraction of sp³-hybridized carbons (Fsp3) is 0.333. The van der Waals surface area contributed by atoms with E-state index in [0.717, 1.165) is 58.6 Å². The van der Waals surface area contributed by atoms with Crippen LogP contribution in [0.1, 0.15) is 87.6 Å². The first kappa shape index (κ1) is 34.9. The highest BCUT2D eigenvalue weighted by Gasteiger charge is 2.29. The smallest absolute Gasteiger partial charge is 0.333 e. The molecule has 246 valence electrons. The molecule has 0 heterocycles. The number of fused-ring (bicyclic) bond motifs is 1. The van der Waals surface area contributed by atoms with Gasteiger partial charge in [-0.05, 0) is 123 Å². The number of hydrogen-bond donors (Lipinski definition) is 1. The number of rotatable bonds is 13. The van der Waals surface area contributed by atoms with E-state index in [2.05, 4.69) is 61.7 Å². The number of ether oxygens (including phenoxy) is 2. The van der Waals surface area contributed by atoms with Crippen molar-refractivity contribution in [2.45, 2.75) is 73.6 Å². The van der Waals surface area contributed by atoms with Crippen molar-refractivity contribution in [3.63, 3.8) is 0 Å². The number of carbonyl (C=O) groups is 2. The Balaban J connectivity index is 1.90. The van der Waals surface area contributed by atoms with Crippen LogP contribution in [0.25, 0.3) is 6.08 Å². The summed E-state index contributed by atoms with van der Waals surface area (Å²) in [5.41, 5.74) is 10.6. The predicted molar refractivity (Wildman–Crippen MR) is 189 cm³/mol. The molecule has 0 amide bonds. The molecule has 1 unspecified atom stereocenters. The van der Waals surface area contributed by atoms with Gasteiger partial charge in [-0.2, -0.15) is 0 Å². The maximum atomic E-state index is 12.0. The minimum absolute atomic E-state index is 0.0574. The lowest BCUT2D eigenvalue weighted by Gasteiger charge is -2.34. The van der Waals surface area contributed by atoms with Crippen molar-refractivity contribution in [3.8, 4) is 5.75 Å². The lowest BCUT2D eigenvalue weighted by molar-refractivity contribution is -0.141. The van der Waals surface area contributed by atoms with Gasteiger partial charge in [0.25, 0.3) is 0 Å². The Kier molecular flexibility index (Phi) is 11.5. The standard InChI is InChI=1S/C39H45N3O5/c1-9-13-31-21-32(28(7)41-47-29(8)43)22-34-26(5)36(20-25(4)38(31)34)42(33-14-11-10-12-15-33)35-17-16-30(27(6)40)23-37(35)45-18-19-46-39(44)24(2)3/h10-12,14-17,20,22-23,31,40H,2,9,13,18-19,21H2,1,3-8H3/b40-27?,41-28+. The molecule has 1 N–H and O–H groups in total. The van der Waals surface area contributed by atoms with Gasteiger partial charge < -0.3 is 24.6 Å². The van der Waals surface area contributed by atoms with E-state index in [1.54, 1.807) is 13.8 Å². The number of nitrogens with one attached hydrogen (secondary N) is 1. The molecule has 0 aromatic heterocycles. The number of aryl methyl sites for hydroxylation is 1. The van der Waals surface area contributed by atoms with Crippen molar-refractivity contribution in [2.75, 3.05) is 18.1 Å². The molecule has 0 bridgehead atoms. The van der Waals surface area contributed by atoms with Gasteiger partial charge in [0.05, 0.1) is 17.1 Å². The minimum Gasteiger partial charge on any atom is -0.488 e. The number of benzene rings is 3. The lowest BCUT2D eigenvalue weighted by atomic mass is 9.76. The molecule has 1 aliphatic carbocycles. The third kappa shape index (κ3) is 8.25. The molecule has 1 aliphatic rings. The molecule has 0 saturated carbocycles. The lowest BCUT2D eigenvalue weighted by Crippen LogP contribution is -2.19. The zero-order chi connectivity index (χ0) is 34.2.